The van der Waals surface area contributed by atoms with E-state index in [1.807, 2.05) is 4.90 Å². The van der Waals surface area contributed by atoms with E-state index in [0.29, 0.717) is 17.5 Å². The fourth-order valence-electron chi connectivity index (χ4n) is 3.44. The molecule has 1 aliphatic heterocycles. The zero-order chi connectivity index (χ0) is 17.2. The summed E-state index contributed by atoms with van der Waals surface area (Å²) in [6.07, 6.45) is 3.20. The molecule has 0 spiro atoms. The predicted octanol–water partition coefficient (Wildman–Crippen LogP) is 2.50. The molecule has 1 heterocycles. The van der Waals surface area contributed by atoms with Crippen LogP contribution in [0.1, 0.15) is 33.1 Å². The Hall–Kier alpha value is -1.67. The highest BCUT2D eigenvalue weighted by atomic mass is 32.2. The molecule has 1 saturated heterocycles. The van der Waals surface area contributed by atoms with Gasteiger partial charge in [0.25, 0.3) is 5.69 Å². The van der Waals surface area contributed by atoms with Crippen molar-refractivity contribution in [3.63, 3.8) is 0 Å². The Morgan fingerprint density at radius 1 is 1.39 bits per heavy atom. The number of nitro benzene ring substituents is 1. The third-order valence-electron chi connectivity index (χ3n) is 4.75. The molecule has 0 radical (unpaired) electrons. The van der Waals surface area contributed by atoms with Crippen molar-refractivity contribution in [2.45, 2.75) is 38.0 Å². The van der Waals surface area contributed by atoms with Gasteiger partial charge < -0.3 is 4.90 Å². The van der Waals surface area contributed by atoms with Gasteiger partial charge in [-0.25, -0.2) is 13.6 Å². The summed E-state index contributed by atoms with van der Waals surface area (Å²) in [7, 11) is -3.95. The van der Waals surface area contributed by atoms with Crippen LogP contribution >= 0.6 is 0 Å². The topological polar surface area (TPSA) is 107 Å². The van der Waals surface area contributed by atoms with E-state index in [4.69, 9.17) is 5.14 Å². The van der Waals surface area contributed by atoms with Gasteiger partial charge in [0, 0.05) is 19.2 Å². The molecule has 0 amide bonds. The summed E-state index contributed by atoms with van der Waals surface area (Å²) in [5, 5.41) is 16.4. The largest absolute Gasteiger partial charge is 0.366 e. The number of nitro groups is 1. The summed E-state index contributed by atoms with van der Waals surface area (Å²) >= 11 is 0. The molecule has 7 nitrogen and oxygen atoms in total. The van der Waals surface area contributed by atoms with E-state index >= 15 is 0 Å². The lowest BCUT2D eigenvalue weighted by molar-refractivity contribution is -0.384. The summed E-state index contributed by atoms with van der Waals surface area (Å²) in [4.78, 5) is 12.5. The third-order valence-corrected chi connectivity index (χ3v) is 5.66. The molecule has 1 aromatic carbocycles. The minimum atomic E-state index is -3.95. The summed E-state index contributed by atoms with van der Waals surface area (Å²) in [5.74, 6) is 1.13. The number of hydrogen-bond acceptors (Lipinski definition) is 5. The summed E-state index contributed by atoms with van der Waals surface area (Å²) in [5.41, 5.74) is 0.262. The van der Waals surface area contributed by atoms with Crippen LogP contribution in [0.2, 0.25) is 0 Å². The Kier molecular flexibility index (Phi) is 5.26. The van der Waals surface area contributed by atoms with Gasteiger partial charge in [0.05, 0.1) is 9.82 Å². The average molecular weight is 341 g/mol. The van der Waals surface area contributed by atoms with Gasteiger partial charge in [-0.3, -0.25) is 10.1 Å². The first-order chi connectivity index (χ1) is 10.8. The Labute approximate surface area is 136 Å². The van der Waals surface area contributed by atoms with E-state index in [0.717, 1.165) is 38.4 Å². The van der Waals surface area contributed by atoms with E-state index in [-0.39, 0.29) is 10.6 Å². The number of benzene rings is 1. The Balaban J connectivity index is 2.32. The third kappa shape index (κ3) is 3.81. The van der Waals surface area contributed by atoms with Gasteiger partial charge in [-0.1, -0.05) is 26.7 Å². The lowest BCUT2D eigenvalue weighted by atomic mass is 9.87. The zero-order valence-corrected chi connectivity index (χ0v) is 14.3. The van der Waals surface area contributed by atoms with Gasteiger partial charge >= 0.3 is 0 Å². The Morgan fingerprint density at radius 3 is 2.57 bits per heavy atom. The first-order valence-corrected chi connectivity index (χ1v) is 9.38. The first kappa shape index (κ1) is 17.7. The molecule has 2 N–H and O–H groups in total. The van der Waals surface area contributed by atoms with E-state index in [1.165, 1.54) is 12.1 Å². The fourth-order valence-corrected chi connectivity index (χ4v) is 3.97. The van der Waals surface area contributed by atoms with Crippen LogP contribution in [0, 0.1) is 22.0 Å². The second-order valence-corrected chi connectivity index (χ2v) is 7.59. The van der Waals surface area contributed by atoms with Crippen molar-refractivity contribution in [1.82, 2.24) is 0 Å². The van der Waals surface area contributed by atoms with Crippen LogP contribution in [0.4, 0.5) is 11.4 Å². The molecule has 23 heavy (non-hydrogen) atoms. The van der Waals surface area contributed by atoms with Gasteiger partial charge in [0.2, 0.25) is 10.0 Å². The standard InChI is InChI=1S/C15H23N3O4S/c1-3-11(4-2)12-7-8-17(10-12)14-6-5-13(23(16,21)22)9-15(14)18(19)20/h5-6,9,11-12H,3-4,7-8,10H2,1-2H3,(H2,16,21,22). The van der Waals surface area contributed by atoms with Gasteiger partial charge in [-0.2, -0.15) is 0 Å². The van der Waals surface area contributed by atoms with Crippen molar-refractivity contribution in [1.29, 1.82) is 0 Å². The maximum absolute atomic E-state index is 11.4. The van der Waals surface area contributed by atoms with Gasteiger partial charge in [-0.05, 0) is 30.4 Å². The number of anilines is 1. The van der Waals surface area contributed by atoms with Crippen molar-refractivity contribution < 1.29 is 13.3 Å². The molecular formula is C15H23N3O4S. The van der Waals surface area contributed by atoms with Crippen molar-refractivity contribution in [2.75, 3.05) is 18.0 Å². The second kappa shape index (κ2) is 6.84. The molecule has 1 unspecified atom stereocenters. The average Bonchev–Trinajstić information content (AvgIpc) is 2.96. The molecule has 2 rings (SSSR count). The maximum Gasteiger partial charge on any atom is 0.293 e. The molecule has 1 aromatic rings. The molecule has 1 aliphatic rings. The SMILES string of the molecule is CCC(CC)C1CCN(c2ccc(S(N)(=O)=O)cc2[N+](=O)[O-])C1. The number of nitrogens with two attached hydrogens (primary N) is 1. The summed E-state index contributed by atoms with van der Waals surface area (Å²) in [6, 6.07) is 3.88. The van der Waals surface area contributed by atoms with Crippen molar-refractivity contribution in [3.05, 3.63) is 28.3 Å². The number of hydrogen-bond donors (Lipinski definition) is 1. The molecular weight excluding hydrogens is 318 g/mol. The summed E-state index contributed by atoms with van der Waals surface area (Å²) < 4.78 is 22.8. The molecule has 8 heteroatoms. The predicted molar refractivity (Wildman–Crippen MR) is 88.9 cm³/mol. The number of primary sulfonamides is 1. The Morgan fingerprint density at radius 2 is 2.04 bits per heavy atom. The van der Waals surface area contributed by atoms with E-state index in [2.05, 4.69) is 13.8 Å². The number of rotatable bonds is 6. The summed E-state index contributed by atoms with van der Waals surface area (Å²) in [6.45, 7) is 5.85. The molecule has 128 valence electrons. The molecule has 0 aliphatic carbocycles. The molecule has 1 atom stereocenters. The maximum atomic E-state index is 11.4. The number of nitrogens with zero attached hydrogens (tertiary/aromatic N) is 2. The van der Waals surface area contributed by atoms with Crippen LogP contribution < -0.4 is 10.0 Å². The minimum Gasteiger partial charge on any atom is -0.366 e. The van der Waals surface area contributed by atoms with Crippen LogP contribution in [-0.4, -0.2) is 26.4 Å². The Bertz CT molecular complexity index is 686. The van der Waals surface area contributed by atoms with Crippen LogP contribution in [0.5, 0.6) is 0 Å². The van der Waals surface area contributed by atoms with Crippen molar-refractivity contribution in [2.24, 2.45) is 17.0 Å². The first-order valence-electron chi connectivity index (χ1n) is 7.84. The normalized spacial score (nSPS) is 18.6. The van der Waals surface area contributed by atoms with E-state index in [9.17, 15) is 18.5 Å². The molecule has 0 bridgehead atoms. The highest BCUT2D eigenvalue weighted by Gasteiger charge is 2.31. The van der Waals surface area contributed by atoms with Crippen molar-refractivity contribution >= 4 is 21.4 Å². The van der Waals surface area contributed by atoms with Gasteiger partial charge in [0.15, 0.2) is 0 Å². The lowest BCUT2D eigenvalue weighted by Crippen LogP contribution is -2.23. The quantitative estimate of drug-likeness (QED) is 0.632. The number of sulfonamides is 1. The molecule has 1 fully saturated rings. The lowest BCUT2D eigenvalue weighted by Gasteiger charge is -2.22. The van der Waals surface area contributed by atoms with Gasteiger partial charge in [-0.15, -0.1) is 0 Å². The van der Waals surface area contributed by atoms with Crippen LogP contribution in [0.3, 0.4) is 0 Å². The molecule has 0 saturated carbocycles. The minimum absolute atomic E-state index is 0.207. The van der Waals surface area contributed by atoms with E-state index in [1.54, 1.807) is 0 Å². The van der Waals surface area contributed by atoms with Crippen molar-refractivity contribution in [3.8, 4) is 0 Å². The highest BCUT2D eigenvalue weighted by molar-refractivity contribution is 7.89. The fraction of sp³-hybridized carbons (Fsp3) is 0.600. The molecule has 0 aromatic heterocycles. The van der Waals surface area contributed by atoms with Crippen LogP contribution in [-0.2, 0) is 10.0 Å². The van der Waals surface area contributed by atoms with E-state index < -0.39 is 14.9 Å². The monoisotopic (exact) mass is 341 g/mol. The van der Waals surface area contributed by atoms with Crippen LogP contribution in [0.15, 0.2) is 23.1 Å². The van der Waals surface area contributed by atoms with Gasteiger partial charge in [0.1, 0.15) is 5.69 Å². The smallest absolute Gasteiger partial charge is 0.293 e. The zero-order valence-electron chi connectivity index (χ0n) is 13.4. The second-order valence-electron chi connectivity index (χ2n) is 6.02. The highest BCUT2D eigenvalue weighted by Crippen LogP contribution is 2.36. The van der Waals surface area contributed by atoms with Crippen LogP contribution in [0.25, 0.3) is 0 Å².